The van der Waals surface area contributed by atoms with E-state index in [4.69, 9.17) is 0 Å². The maximum absolute atomic E-state index is 14.2. The number of aromatic nitrogens is 3. The van der Waals surface area contributed by atoms with E-state index < -0.39 is 23.0 Å². The molecule has 7 nitrogen and oxygen atoms in total. The second kappa shape index (κ2) is 9.27. The first-order valence-corrected chi connectivity index (χ1v) is 10.5. The molecule has 0 saturated carbocycles. The Kier molecular flexibility index (Phi) is 7.04. The van der Waals surface area contributed by atoms with Crippen LogP contribution in [0.25, 0.3) is 21.1 Å². The summed E-state index contributed by atoms with van der Waals surface area (Å²) in [5, 5.41) is 10.5. The molecule has 0 aliphatic rings. The number of fused-ring (bicyclic) bond motifs is 2. The SMILES string of the molecule is CC(C)Cn1c(=O)n(C)c(=O)c2c(C(=O)O)c(Cc3ccnc4c(F)cccc34)sc21.[NaH]. The van der Waals surface area contributed by atoms with Gasteiger partial charge in [-0.15, -0.1) is 11.3 Å². The van der Waals surface area contributed by atoms with Crippen molar-refractivity contribution in [1.29, 1.82) is 0 Å². The molecule has 0 saturated heterocycles. The molecule has 3 aromatic heterocycles. The zero-order chi connectivity index (χ0) is 22.4. The minimum atomic E-state index is -1.24. The van der Waals surface area contributed by atoms with E-state index in [1.807, 2.05) is 13.8 Å². The van der Waals surface area contributed by atoms with E-state index in [9.17, 15) is 23.9 Å². The number of pyridine rings is 1. The minimum absolute atomic E-state index is 0. The molecule has 3 heterocycles. The Bertz CT molecular complexity index is 1470. The number of hydrogen-bond acceptors (Lipinski definition) is 5. The number of carbonyl (C=O) groups is 1. The predicted octanol–water partition coefficient (Wildman–Crippen LogP) is 2.75. The van der Waals surface area contributed by atoms with Crippen molar-refractivity contribution >= 4 is 68.0 Å². The molecule has 0 unspecified atom stereocenters. The van der Waals surface area contributed by atoms with Gasteiger partial charge in [0, 0.05) is 36.5 Å². The number of benzene rings is 1. The predicted molar refractivity (Wildman–Crippen MR) is 125 cm³/mol. The molecule has 0 aliphatic carbocycles. The van der Waals surface area contributed by atoms with Crippen molar-refractivity contribution < 1.29 is 14.3 Å². The van der Waals surface area contributed by atoms with Gasteiger partial charge in [-0.2, -0.15) is 0 Å². The Morgan fingerprint density at radius 1 is 1.25 bits per heavy atom. The van der Waals surface area contributed by atoms with E-state index in [1.54, 1.807) is 18.2 Å². The van der Waals surface area contributed by atoms with Crippen molar-refractivity contribution in [2.45, 2.75) is 26.8 Å². The number of carboxylic acids is 1. The maximum atomic E-state index is 14.2. The van der Waals surface area contributed by atoms with Gasteiger partial charge in [0.05, 0.1) is 10.9 Å². The number of carboxylic acid groups (broad SMARTS) is 1. The van der Waals surface area contributed by atoms with Gasteiger partial charge in [0.25, 0.3) is 5.56 Å². The van der Waals surface area contributed by atoms with E-state index >= 15 is 0 Å². The average Bonchev–Trinajstić information content (AvgIpc) is 3.09. The van der Waals surface area contributed by atoms with Gasteiger partial charge in [-0.3, -0.25) is 18.9 Å². The van der Waals surface area contributed by atoms with Crippen molar-refractivity contribution in [3.05, 3.63) is 73.1 Å². The summed E-state index contributed by atoms with van der Waals surface area (Å²) in [5.41, 5.74) is -0.337. The van der Waals surface area contributed by atoms with Crippen LogP contribution in [0, 0.1) is 11.7 Å². The molecule has 0 amide bonds. The molecule has 0 radical (unpaired) electrons. The number of thiophene rings is 1. The fraction of sp³-hybridized carbons (Fsp3) is 0.273. The third-order valence-corrected chi connectivity index (χ3v) is 6.38. The molecule has 0 bridgehead atoms. The van der Waals surface area contributed by atoms with Crippen LogP contribution in [0.3, 0.4) is 0 Å². The van der Waals surface area contributed by atoms with Crippen LogP contribution in [-0.4, -0.2) is 54.8 Å². The van der Waals surface area contributed by atoms with Gasteiger partial charge in [0.2, 0.25) is 0 Å². The normalized spacial score (nSPS) is 11.3. The fourth-order valence-electron chi connectivity index (χ4n) is 3.78. The Labute approximate surface area is 208 Å². The van der Waals surface area contributed by atoms with Crippen molar-refractivity contribution in [3.8, 4) is 0 Å². The zero-order valence-electron chi connectivity index (χ0n) is 17.2. The number of halogens is 1. The molecular weight excluding hydrogens is 444 g/mol. The van der Waals surface area contributed by atoms with Crippen LogP contribution in [0.15, 0.2) is 40.1 Å². The van der Waals surface area contributed by atoms with Crippen molar-refractivity contribution in [3.63, 3.8) is 0 Å². The van der Waals surface area contributed by atoms with E-state index in [1.165, 1.54) is 23.9 Å². The molecular formula is C22H21FN3NaO4S. The van der Waals surface area contributed by atoms with E-state index in [0.29, 0.717) is 27.2 Å². The molecule has 10 heteroatoms. The second-order valence-corrected chi connectivity index (χ2v) is 8.90. The monoisotopic (exact) mass is 465 g/mol. The molecule has 4 rings (SSSR count). The quantitative estimate of drug-likeness (QED) is 0.458. The molecule has 4 aromatic rings. The average molecular weight is 465 g/mol. The summed E-state index contributed by atoms with van der Waals surface area (Å²) in [6.45, 7) is 4.23. The van der Waals surface area contributed by atoms with E-state index in [2.05, 4.69) is 4.98 Å². The Balaban J connectivity index is 0.00000289. The van der Waals surface area contributed by atoms with Crippen LogP contribution in [0.5, 0.6) is 0 Å². The molecule has 0 atom stereocenters. The van der Waals surface area contributed by atoms with Gasteiger partial charge < -0.3 is 5.11 Å². The first-order valence-electron chi connectivity index (χ1n) is 9.71. The van der Waals surface area contributed by atoms with Crippen LogP contribution >= 0.6 is 11.3 Å². The van der Waals surface area contributed by atoms with Crippen molar-refractivity contribution in [2.24, 2.45) is 13.0 Å². The first kappa shape index (κ1) is 24.3. The third kappa shape index (κ3) is 4.05. The third-order valence-electron chi connectivity index (χ3n) is 5.17. The summed E-state index contributed by atoms with van der Waals surface area (Å²) in [6, 6.07) is 6.32. The summed E-state index contributed by atoms with van der Waals surface area (Å²) >= 11 is 1.12. The van der Waals surface area contributed by atoms with E-state index in [0.717, 1.165) is 15.9 Å². The van der Waals surface area contributed by atoms with Gasteiger partial charge in [-0.1, -0.05) is 26.0 Å². The summed E-state index contributed by atoms with van der Waals surface area (Å²) in [4.78, 5) is 42.6. The van der Waals surface area contributed by atoms with Crippen molar-refractivity contribution in [1.82, 2.24) is 14.1 Å². The molecule has 0 aliphatic heterocycles. The Morgan fingerprint density at radius 2 is 1.97 bits per heavy atom. The first-order chi connectivity index (χ1) is 14.7. The van der Waals surface area contributed by atoms with Crippen LogP contribution in [0.1, 0.15) is 34.6 Å². The second-order valence-electron chi connectivity index (χ2n) is 7.82. The van der Waals surface area contributed by atoms with Gasteiger partial charge in [0.15, 0.2) is 0 Å². The van der Waals surface area contributed by atoms with Gasteiger partial charge in [0.1, 0.15) is 16.2 Å². The van der Waals surface area contributed by atoms with Crippen LogP contribution in [0.2, 0.25) is 0 Å². The summed E-state index contributed by atoms with van der Waals surface area (Å²) in [5.74, 6) is -1.59. The van der Waals surface area contributed by atoms with Crippen LogP contribution in [-0.2, 0) is 20.0 Å². The van der Waals surface area contributed by atoms with Crippen LogP contribution in [0.4, 0.5) is 4.39 Å². The molecule has 0 fully saturated rings. The molecule has 1 N–H and O–H groups in total. The number of nitrogens with zero attached hydrogens (tertiary/aromatic N) is 3. The standard InChI is InChI=1S/C22H20FN3O4S.Na.H/c1-11(2)10-26-20-17(19(27)25(3)22(26)30)16(21(28)29)15(31-20)9-12-7-8-24-18-13(12)5-4-6-14(18)23;;/h4-8,11H,9-10H2,1-3H3,(H,28,29);;. The molecule has 162 valence electrons. The zero-order valence-corrected chi connectivity index (χ0v) is 18.0. The van der Waals surface area contributed by atoms with Crippen molar-refractivity contribution in [2.75, 3.05) is 0 Å². The van der Waals surface area contributed by atoms with Gasteiger partial charge in [-0.05, 0) is 23.6 Å². The number of hydrogen-bond donors (Lipinski definition) is 1. The number of aromatic carboxylic acids is 1. The molecule has 1 aromatic carbocycles. The molecule has 0 spiro atoms. The summed E-state index contributed by atoms with van der Waals surface area (Å²) in [6.07, 6.45) is 1.64. The topological polar surface area (TPSA) is 94.2 Å². The summed E-state index contributed by atoms with van der Waals surface area (Å²) in [7, 11) is 1.35. The van der Waals surface area contributed by atoms with E-state index in [-0.39, 0.29) is 58.4 Å². The van der Waals surface area contributed by atoms with Crippen LogP contribution < -0.4 is 11.2 Å². The fourth-order valence-corrected chi connectivity index (χ4v) is 5.08. The molecule has 32 heavy (non-hydrogen) atoms. The van der Waals surface area contributed by atoms with Gasteiger partial charge >= 0.3 is 41.2 Å². The summed E-state index contributed by atoms with van der Waals surface area (Å²) < 4.78 is 16.6. The number of para-hydroxylation sites is 1. The van der Waals surface area contributed by atoms with Gasteiger partial charge in [-0.25, -0.2) is 14.0 Å². The number of rotatable bonds is 5. The Hall–Kier alpha value is -2.33. The Morgan fingerprint density at radius 3 is 2.62 bits per heavy atom.